The van der Waals surface area contributed by atoms with Crippen LogP contribution in [-0.4, -0.2) is 49.4 Å². The number of nitrogens with zero attached hydrogens (tertiary/aromatic N) is 2. The molecule has 2 heterocycles. The number of carbonyl (C=O) groups excluding carboxylic acids is 1. The predicted octanol–water partition coefficient (Wildman–Crippen LogP) is 1.94. The van der Waals surface area contributed by atoms with E-state index < -0.39 is 15.9 Å². The van der Waals surface area contributed by atoms with Crippen LogP contribution in [0, 0.1) is 0 Å². The van der Waals surface area contributed by atoms with E-state index in [0.717, 1.165) is 10.9 Å². The molecule has 0 unspecified atom stereocenters. The number of nitrogens with two attached hydrogens (primary N) is 1. The molecule has 1 aliphatic rings. The molecule has 2 aromatic carbocycles. The Labute approximate surface area is 174 Å². The van der Waals surface area contributed by atoms with Crippen LogP contribution in [-0.2, 0) is 14.8 Å². The highest BCUT2D eigenvalue weighted by molar-refractivity contribution is 7.89. The zero-order valence-corrected chi connectivity index (χ0v) is 16.9. The Morgan fingerprint density at radius 3 is 2.63 bits per heavy atom. The molecule has 2 N–H and O–H groups in total. The van der Waals surface area contributed by atoms with Crippen LogP contribution >= 0.6 is 0 Å². The minimum absolute atomic E-state index is 0.151. The molecule has 0 saturated carbocycles. The fourth-order valence-corrected chi connectivity index (χ4v) is 4.79. The van der Waals surface area contributed by atoms with Gasteiger partial charge in [0.1, 0.15) is 11.9 Å². The number of pyridine rings is 1. The number of primary amides is 1. The SMILES string of the molecule is NC(=O)COc1ccc(S(=O)(=O)N2CC[C@@H](Oc3ccc4ccccc4n3)C2)cc1. The summed E-state index contributed by atoms with van der Waals surface area (Å²) < 4.78 is 38.4. The zero-order valence-electron chi connectivity index (χ0n) is 16.1. The van der Waals surface area contributed by atoms with Crippen LogP contribution in [0.3, 0.4) is 0 Å². The molecule has 1 saturated heterocycles. The first-order valence-electron chi connectivity index (χ1n) is 9.45. The Morgan fingerprint density at radius 2 is 1.87 bits per heavy atom. The Hall–Kier alpha value is -3.17. The summed E-state index contributed by atoms with van der Waals surface area (Å²) in [6, 6.07) is 17.4. The fraction of sp³-hybridized carbons (Fsp3) is 0.238. The summed E-state index contributed by atoms with van der Waals surface area (Å²) in [7, 11) is -3.66. The number of hydrogen-bond donors (Lipinski definition) is 1. The largest absolute Gasteiger partial charge is 0.484 e. The van der Waals surface area contributed by atoms with Crippen LogP contribution in [0.5, 0.6) is 11.6 Å². The van der Waals surface area contributed by atoms with Gasteiger partial charge in [-0.1, -0.05) is 18.2 Å². The van der Waals surface area contributed by atoms with Gasteiger partial charge in [-0.05, 0) is 42.8 Å². The first kappa shape index (κ1) is 20.1. The van der Waals surface area contributed by atoms with Gasteiger partial charge in [0.2, 0.25) is 15.9 Å². The number of hydrogen-bond acceptors (Lipinski definition) is 6. The highest BCUT2D eigenvalue weighted by atomic mass is 32.2. The summed E-state index contributed by atoms with van der Waals surface area (Å²) in [6.07, 6.45) is 0.305. The van der Waals surface area contributed by atoms with Crippen LogP contribution in [0.4, 0.5) is 0 Å². The highest BCUT2D eigenvalue weighted by Gasteiger charge is 2.33. The summed E-state index contributed by atoms with van der Waals surface area (Å²) in [4.78, 5) is 15.4. The third-order valence-electron chi connectivity index (χ3n) is 4.81. The van der Waals surface area contributed by atoms with Crippen molar-refractivity contribution in [1.29, 1.82) is 0 Å². The molecule has 0 aliphatic carbocycles. The predicted molar refractivity (Wildman–Crippen MR) is 111 cm³/mol. The zero-order chi connectivity index (χ0) is 21.1. The number of ether oxygens (including phenoxy) is 2. The molecule has 1 amide bonds. The molecule has 8 nitrogen and oxygen atoms in total. The maximum atomic E-state index is 12.9. The quantitative estimate of drug-likeness (QED) is 0.617. The van der Waals surface area contributed by atoms with Gasteiger partial charge < -0.3 is 15.2 Å². The van der Waals surface area contributed by atoms with Gasteiger partial charge in [0.15, 0.2) is 6.61 Å². The van der Waals surface area contributed by atoms with E-state index in [-0.39, 0.29) is 24.2 Å². The summed E-state index contributed by atoms with van der Waals surface area (Å²) in [5.41, 5.74) is 5.86. The Balaban J connectivity index is 1.41. The van der Waals surface area contributed by atoms with Gasteiger partial charge in [-0.25, -0.2) is 13.4 Å². The first-order chi connectivity index (χ1) is 14.4. The normalized spacial score (nSPS) is 17.1. The molecular weight excluding hydrogens is 406 g/mol. The molecule has 3 aromatic rings. The second kappa shape index (κ2) is 8.29. The average Bonchev–Trinajstić information content (AvgIpc) is 3.22. The molecule has 9 heteroatoms. The summed E-state index contributed by atoms with van der Waals surface area (Å²) >= 11 is 0. The number of para-hydroxylation sites is 1. The van der Waals surface area contributed by atoms with E-state index in [1.807, 2.05) is 30.3 Å². The highest BCUT2D eigenvalue weighted by Crippen LogP contribution is 2.25. The smallest absolute Gasteiger partial charge is 0.255 e. The first-order valence-corrected chi connectivity index (χ1v) is 10.9. The molecule has 1 aliphatic heterocycles. The van der Waals surface area contributed by atoms with Crippen molar-refractivity contribution in [2.24, 2.45) is 5.73 Å². The van der Waals surface area contributed by atoms with Crippen molar-refractivity contribution in [2.45, 2.75) is 17.4 Å². The van der Waals surface area contributed by atoms with Crippen molar-refractivity contribution in [3.63, 3.8) is 0 Å². The molecule has 1 fully saturated rings. The van der Waals surface area contributed by atoms with E-state index in [2.05, 4.69) is 4.98 Å². The Morgan fingerprint density at radius 1 is 1.10 bits per heavy atom. The van der Waals surface area contributed by atoms with E-state index in [4.69, 9.17) is 15.2 Å². The summed E-state index contributed by atoms with van der Waals surface area (Å²) in [5.74, 6) is 0.252. The molecule has 1 atom stereocenters. The number of amides is 1. The number of fused-ring (bicyclic) bond motifs is 1. The lowest BCUT2D eigenvalue weighted by molar-refractivity contribution is -0.119. The fourth-order valence-electron chi connectivity index (χ4n) is 3.31. The number of sulfonamides is 1. The molecule has 30 heavy (non-hydrogen) atoms. The standard InChI is InChI=1S/C21H21N3O5S/c22-20(25)14-28-16-6-8-18(9-7-16)30(26,27)24-12-11-17(13-24)29-21-10-5-15-3-1-2-4-19(15)23-21/h1-10,17H,11-14H2,(H2,22,25)/t17-/m1/s1. The molecule has 0 radical (unpaired) electrons. The lowest BCUT2D eigenvalue weighted by atomic mass is 10.2. The number of aromatic nitrogens is 1. The maximum absolute atomic E-state index is 12.9. The van der Waals surface area contributed by atoms with E-state index >= 15 is 0 Å². The van der Waals surface area contributed by atoms with Gasteiger partial charge in [-0.3, -0.25) is 4.79 Å². The average molecular weight is 427 g/mol. The van der Waals surface area contributed by atoms with Crippen molar-refractivity contribution >= 4 is 26.8 Å². The summed E-state index contributed by atoms with van der Waals surface area (Å²) in [6.45, 7) is 0.345. The van der Waals surface area contributed by atoms with Crippen molar-refractivity contribution in [3.05, 3.63) is 60.7 Å². The minimum atomic E-state index is -3.66. The van der Waals surface area contributed by atoms with Crippen molar-refractivity contribution in [3.8, 4) is 11.6 Å². The van der Waals surface area contributed by atoms with Crippen LogP contribution in [0.1, 0.15) is 6.42 Å². The third kappa shape index (κ3) is 4.37. The van der Waals surface area contributed by atoms with Crippen LogP contribution in [0.2, 0.25) is 0 Å². The molecule has 0 spiro atoms. The molecule has 4 rings (SSSR count). The van der Waals surface area contributed by atoms with Gasteiger partial charge in [0, 0.05) is 18.0 Å². The van der Waals surface area contributed by atoms with Crippen LogP contribution < -0.4 is 15.2 Å². The molecular formula is C21H21N3O5S. The van der Waals surface area contributed by atoms with Crippen molar-refractivity contribution in [2.75, 3.05) is 19.7 Å². The lowest BCUT2D eigenvalue weighted by Crippen LogP contribution is -2.31. The number of rotatable bonds is 7. The van der Waals surface area contributed by atoms with Gasteiger partial charge in [0.05, 0.1) is 17.0 Å². The maximum Gasteiger partial charge on any atom is 0.255 e. The monoisotopic (exact) mass is 427 g/mol. The van der Waals surface area contributed by atoms with Crippen molar-refractivity contribution < 1.29 is 22.7 Å². The van der Waals surface area contributed by atoms with Gasteiger partial charge in [0.25, 0.3) is 5.91 Å². The van der Waals surface area contributed by atoms with E-state index in [1.54, 1.807) is 6.07 Å². The Kier molecular flexibility index (Phi) is 5.56. The van der Waals surface area contributed by atoms with E-state index in [0.29, 0.717) is 24.6 Å². The molecule has 156 valence electrons. The Bertz CT molecular complexity index is 1160. The van der Waals surface area contributed by atoms with Gasteiger partial charge in [-0.2, -0.15) is 4.31 Å². The van der Waals surface area contributed by atoms with Gasteiger partial charge in [-0.15, -0.1) is 0 Å². The molecule has 0 bridgehead atoms. The minimum Gasteiger partial charge on any atom is -0.484 e. The van der Waals surface area contributed by atoms with E-state index in [9.17, 15) is 13.2 Å². The van der Waals surface area contributed by atoms with Gasteiger partial charge >= 0.3 is 0 Å². The topological polar surface area (TPSA) is 112 Å². The summed E-state index contributed by atoms with van der Waals surface area (Å²) in [5, 5.41) is 1.02. The second-order valence-electron chi connectivity index (χ2n) is 6.96. The van der Waals surface area contributed by atoms with E-state index in [1.165, 1.54) is 28.6 Å². The molecule has 1 aromatic heterocycles. The number of carbonyl (C=O) groups is 1. The van der Waals surface area contributed by atoms with Crippen LogP contribution in [0.25, 0.3) is 10.9 Å². The lowest BCUT2D eigenvalue weighted by Gasteiger charge is -2.17. The number of benzene rings is 2. The second-order valence-corrected chi connectivity index (χ2v) is 8.90. The third-order valence-corrected chi connectivity index (χ3v) is 6.69. The van der Waals surface area contributed by atoms with Crippen LogP contribution in [0.15, 0.2) is 65.6 Å². The van der Waals surface area contributed by atoms with Crippen molar-refractivity contribution in [1.82, 2.24) is 9.29 Å².